The van der Waals surface area contributed by atoms with Crippen LogP contribution < -0.4 is 0 Å². The van der Waals surface area contributed by atoms with Gasteiger partial charge in [-0.1, -0.05) is 5.11 Å². The predicted octanol–water partition coefficient (Wildman–Crippen LogP) is 2.15. The Morgan fingerprint density at radius 2 is 2.33 bits per heavy atom. The molecule has 1 rings (SSSR count). The van der Waals surface area contributed by atoms with Crippen LogP contribution in [0.5, 0.6) is 5.75 Å². The lowest BCUT2D eigenvalue weighted by molar-refractivity contribution is -0.385. The zero-order chi connectivity index (χ0) is 11.3. The van der Waals surface area contributed by atoms with Crippen LogP contribution in [0.4, 0.5) is 5.69 Å². The normalized spacial score (nSPS) is 9.33. The lowest BCUT2D eigenvalue weighted by Crippen LogP contribution is -1.97. The molecule has 0 fully saturated rings. The molecule has 0 saturated carbocycles. The molecule has 0 aliphatic heterocycles. The van der Waals surface area contributed by atoms with Crippen LogP contribution in [0.15, 0.2) is 23.3 Å². The third kappa shape index (κ3) is 2.85. The average Bonchev–Trinajstić information content (AvgIpc) is 2.18. The van der Waals surface area contributed by atoms with E-state index in [1.807, 2.05) is 0 Å². The summed E-state index contributed by atoms with van der Waals surface area (Å²) in [5.41, 5.74) is 8.32. The quantitative estimate of drug-likeness (QED) is 0.269. The number of hydrogen-bond acceptors (Lipinski definition) is 4. The van der Waals surface area contributed by atoms with Gasteiger partial charge in [0, 0.05) is 23.1 Å². The molecule has 1 N–H and O–H groups in total. The number of azide groups is 1. The molecule has 15 heavy (non-hydrogen) atoms. The number of rotatable bonds is 4. The van der Waals surface area contributed by atoms with Crippen molar-refractivity contribution in [1.82, 2.24) is 0 Å². The zero-order valence-electron chi connectivity index (χ0n) is 7.70. The van der Waals surface area contributed by atoms with Crippen LogP contribution in [-0.2, 0) is 6.42 Å². The summed E-state index contributed by atoms with van der Waals surface area (Å²) in [7, 11) is 0. The van der Waals surface area contributed by atoms with E-state index in [0.717, 1.165) is 0 Å². The van der Waals surface area contributed by atoms with E-state index in [4.69, 9.17) is 10.6 Å². The highest BCUT2D eigenvalue weighted by Crippen LogP contribution is 2.23. The molecule has 0 atom stereocenters. The van der Waals surface area contributed by atoms with Crippen LogP contribution >= 0.6 is 0 Å². The minimum Gasteiger partial charge on any atom is -0.508 e. The molecule has 0 aliphatic carbocycles. The first-order chi connectivity index (χ1) is 7.15. The topological polar surface area (TPSA) is 112 Å². The highest BCUT2D eigenvalue weighted by molar-refractivity contribution is 5.44. The van der Waals surface area contributed by atoms with Crippen LogP contribution in [0.2, 0.25) is 0 Å². The third-order valence-electron chi connectivity index (χ3n) is 1.80. The molecule has 0 amide bonds. The molecule has 0 unspecified atom stereocenters. The molecule has 1 aromatic carbocycles. The van der Waals surface area contributed by atoms with E-state index in [9.17, 15) is 10.1 Å². The van der Waals surface area contributed by atoms with Gasteiger partial charge in [0.05, 0.1) is 4.92 Å². The number of nitro groups is 1. The Morgan fingerprint density at radius 3 is 2.93 bits per heavy atom. The lowest BCUT2D eigenvalue weighted by atomic mass is 10.1. The van der Waals surface area contributed by atoms with Crippen molar-refractivity contribution >= 4 is 5.69 Å². The van der Waals surface area contributed by atoms with Crippen molar-refractivity contribution in [3.63, 3.8) is 0 Å². The van der Waals surface area contributed by atoms with Gasteiger partial charge < -0.3 is 5.11 Å². The van der Waals surface area contributed by atoms with Crippen molar-refractivity contribution in [2.24, 2.45) is 5.11 Å². The summed E-state index contributed by atoms with van der Waals surface area (Å²) in [5, 5.41) is 23.0. The summed E-state index contributed by atoms with van der Waals surface area (Å²) >= 11 is 0. The van der Waals surface area contributed by atoms with E-state index in [1.54, 1.807) is 0 Å². The highest BCUT2D eigenvalue weighted by Gasteiger charge is 2.13. The van der Waals surface area contributed by atoms with E-state index < -0.39 is 4.92 Å². The number of phenolic OH excluding ortho intramolecular Hbond substituents is 1. The highest BCUT2D eigenvalue weighted by atomic mass is 16.6. The SMILES string of the molecule is [N-]=[N+]=NCCc1cc(O)ccc1[N+](=O)[O-]. The molecule has 7 nitrogen and oxygen atoms in total. The summed E-state index contributed by atoms with van der Waals surface area (Å²) in [6, 6.07) is 3.76. The van der Waals surface area contributed by atoms with Gasteiger partial charge >= 0.3 is 0 Å². The second-order valence-electron chi connectivity index (χ2n) is 2.77. The van der Waals surface area contributed by atoms with Crippen molar-refractivity contribution in [3.8, 4) is 5.75 Å². The summed E-state index contributed by atoms with van der Waals surface area (Å²) in [6.07, 6.45) is 0.231. The second kappa shape index (κ2) is 4.83. The van der Waals surface area contributed by atoms with Gasteiger partial charge in [0.1, 0.15) is 5.75 Å². The average molecular weight is 208 g/mol. The first kappa shape index (κ1) is 10.8. The largest absolute Gasteiger partial charge is 0.508 e. The van der Waals surface area contributed by atoms with Gasteiger partial charge in [0.15, 0.2) is 0 Å². The lowest BCUT2D eigenvalue weighted by Gasteiger charge is -2.01. The van der Waals surface area contributed by atoms with Crippen molar-refractivity contribution in [2.45, 2.75) is 6.42 Å². The molecule has 78 valence electrons. The summed E-state index contributed by atoms with van der Waals surface area (Å²) < 4.78 is 0. The maximum absolute atomic E-state index is 10.6. The molecule has 0 bridgehead atoms. The van der Waals surface area contributed by atoms with E-state index in [-0.39, 0.29) is 24.4 Å². The van der Waals surface area contributed by atoms with Gasteiger partial charge in [-0.3, -0.25) is 10.1 Å². The standard InChI is InChI=1S/C8H8N4O3/c9-11-10-4-3-6-5-7(13)1-2-8(6)12(14)15/h1-2,5,13H,3-4H2. The van der Waals surface area contributed by atoms with Crippen LogP contribution in [0.1, 0.15) is 5.56 Å². The van der Waals surface area contributed by atoms with Crippen LogP contribution in [0.25, 0.3) is 10.4 Å². The Morgan fingerprint density at radius 1 is 1.60 bits per heavy atom. The second-order valence-corrected chi connectivity index (χ2v) is 2.77. The molecule has 0 aliphatic rings. The Hall–Kier alpha value is -2.27. The minimum absolute atomic E-state index is 0.0449. The number of nitro benzene ring substituents is 1. The van der Waals surface area contributed by atoms with Crippen molar-refractivity contribution in [2.75, 3.05) is 6.54 Å². The van der Waals surface area contributed by atoms with Gasteiger partial charge in [0.2, 0.25) is 0 Å². The van der Waals surface area contributed by atoms with Crippen LogP contribution in [0.3, 0.4) is 0 Å². The summed E-state index contributed by atoms with van der Waals surface area (Å²) in [6.45, 7) is 0.126. The van der Waals surface area contributed by atoms with Crippen LogP contribution in [0, 0.1) is 10.1 Å². The number of nitrogens with zero attached hydrogens (tertiary/aromatic N) is 4. The number of aromatic hydroxyl groups is 1. The molecule has 0 aromatic heterocycles. The molecular formula is C8H8N4O3. The minimum atomic E-state index is -0.537. The van der Waals surface area contributed by atoms with Gasteiger partial charge in [-0.2, -0.15) is 0 Å². The maximum atomic E-state index is 10.6. The van der Waals surface area contributed by atoms with Crippen LogP contribution in [-0.4, -0.2) is 16.6 Å². The Kier molecular flexibility index (Phi) is 3.48. The first-order valence-electron chi connectivity index (χ1n) is 4.12. The van der Waals surface area contributed by atoms with Gasteiger partial charge in [-0.05, 0) is 24.1 Å². The first-order valence-corrected chi connectivity index (χ1v) is 4.12. The fourth-order valence-electron chi connectivity index (χ4n) is 1.17. The molecule has 0 heterocycles. The van der Waals surface area contributed by atoms with Crippen molar-refractivity contribution in [3.05, 3.63) is 44.3 Å². The van der Waals surface area contributed by atoms with Crippen molar-refractivity contribution < 1.29 is 10.0 Å². The van der Waals surface area contributed by atoms with Gasteiger partial charge in [-0.15, -0.1) is 0 Å². The third-order valence-corrected chi connectivity index (χ3v) is 1.80. The van der Waals surface area contributed by atoms with Gasteiger partial charge in [-0.25, -0.2) is 0 Å². The van der Waals surface area contributed by atoms with Gasteiger partial charge in [0.25, 0.3) is 5.69 Å². The van der Waals surface area contributed by atoms with Crippen molar-refractivity contribution in [1.29, 1.82) is 0 Å². The summed E-state index contributed by atoms with van der Waals surface area (Å²) in [5.74, 6) is -0.0449. The van der Waals surface area contributed by atoms with E-state index >= 15 is 0 Å². The Bertz CT molecular complexity index is 426. The fraction of sp³-hybridized carbons (Fsp3) is 0.250. The predicted molar refractivity (Wildman–Crippen MR) is 52.5 cm³/mol. The maximum Gasteiger partial charge on any atom is 0.272 e. The van der Waals surface area contributed by atoms with E-state index in [0.29, 0.717) is 5.56 Å². The molecule has 0 saturated heterocycles. The number of phenols is 1. The molecule has 1 aromatic rings. The monoisotopic (exact) mass is 208 g/mol. The number of benzene rings is 1. The fourth-order valence-corrected chi connectivity index (χ4v) is 1.17. The van der Waals surface area contributed by atoms with E-state index in [1.165, 1.54) is 18.2 Å². The molecule has 0 radical (unpaired) electrons. The molecule has 7 heteroatoms. The zero-order valence-corrected chi connectivity index (χ0v) is 7.70. The Balaban J connectivity index is 2.96. The Labute approximate surface area is 84.7 Å². The smallest absolute Gasteiger partial charge is 0.272 e. The molecule has 0 spiro atoms. The number of hydrogen-bond donors (Lipinski definition) is 1. The van der Waals surface area contributed by atoms with E-state index in [2.05, 4.69) is 10.0 Å². The molecular weight excluding hydrogens is 200 g/mol. The summed E-state index contributed by atoms with van der Waals surface area (Å²) in [4.78, 5) is 12.6.